The van der Waals surface area contributed by atoms with Crippen LogP contribution in [0, 0.1) is 19.7 Å². The van der Waals surface area contributed by atoms with Crippen molar-refractivity contribution >= 4 is 27.5 Å². The molecule has 40 heavy (non-hydrogen) atoms. The molecule has 3 rings (SSSR count). The Morgan fingerprint density at radius 2 is 1.55 bits per heavy atom. The van der Waals surface area contributed by atoms with E-state index in [2.05, 4.69) is 5.32 Å². The van der Waals surface area contributed by atoms with Crippen molar-refractivity contribution in [2.75, 3.05) is 17.1 Å². The SMILES string of the molecule is Cc1ccc(N(CC(=O)N(Cc2ccccc2F)[C@@H](Cc2ccccc2)C(=O)NC(C)(C)C)S(C)(=O)=O)cc1C. The molecule has 0 aliphatic rings. The van der Waals surface area contributed by atoms with Gasteiger partial charge >= 0.3 is 0 Å². The van der Waals surface area contributed by atoms with Crippen LogP contribution in [0.2, 0.25) is 0 Å². The third-order valence-corrected chi connectivity index (χ3v) is 7.67. The number of nitrogens with one attached hydrogen (secondary N) is 1. The Bertz CT molecular complexity index is 1450. The van der Waals surface area contributed by atoms with E-state index >= 15 is 0 Å². The number of hydrogen-bond acceptors (Lipinski definition) is 4. The van der Waals surface area contributed by atoms with Crippen molar-refractivity contribution in [3.05, 3.63) is 101 Å². The second-order valence-electron chi connectivity index (χ2n) is 11.1. The number of anilines is 1. The summed E-state index contributed by atoms with van der Waals surface area (Å²) in [5, 5.41) is 2.95. The summed E-state index contributed by atoms with van der Waals surface area (Å²) in [5.41, 5.74) is 2.60. The van der Waals surface area contributed by atoms with E-state index in [4.69, 9.17) is 0 Å². The zero-order valence-electron chi connectivity index (χ0n) is 23.9. The molecule has 1 atom stereocenters. The molecule has 0 saturated heterocycles. The van der Waals surface area contributed by atoms with E-state index in [-0.39, 0.29) is 18.5 Å². The highest BCUT2D eigenvalue weighted by atomic mass is 32.2. The first kappa shape index (κ1) is 30.8. The highest BCUT2D eigenvalue weighted by Gasteiger charge is 2.34. The maximum atomic E-state index is 14.8. The van der Waals surface area contributed by atoms with E-state index in [9.17, 15) is 22.4 Å². The highest BCUT2D eigenvalue weighted by Crippen LogP contribution is 2.23. The molecule has 0 aromatic heterocycles. The number of rotatable bonds is 10. The highest BCUT2D eigenvalue weighted by molar-refractivity contribution is 7.92. The predicted octanol–water partition coefficient (Wildman–Crippen LogP) is 4.76. The van der Waals surface area contributed by atoms with Crippen LogP contribution in [0.15, 0.2) is 72.8 Å². The number of benzene rings is 3. The minimum atomic E-state index is -3.88. The van der Waals surface area contributed by atoms with Gasteiger partial charge in [-0.15, -0.1) is 0 Å². The monoisotopic (exact) mass is 567 g/mol. The maximum absolute atomic E-state index is 14.8. The minimum Gasteiger partial charge on any atom is -0.350 e. The lowest BCUT2D eigenvalue weighted by Crippen LogP contribution is -2.56. The van der Waals surface area contributed by atoms with Gasteiger partial charge in [0.05, 0.1) is 11.9 Å². The van der Waals surface area contributed by atoms with Gasteiger partial charge in [-0.05, 0) is 69.5 Å². The van der Waals surface area contributed by atoms with Crippen molar-refractivity contribution in [3.63, 3.8) is 0 Å². The van der Waals surface area contributed by atoms with Gasteiger partial charge in [0.1, 0.15) is 18.4 Å². The fourth-order valence-electron chi connectivity index (χ4n) is 4.31. The van der Waals surface area contributed by atoms with Gasteiger partial charge < -0.3 is 10.2 Å². The quantitative estimate of drug-likeness (QED) is 0.383. The zero-order chi connectivity index (χ0) is 29.7. The van der Waals surface area contributed by atoms with Crippen molar-refractivity contribution in [3.8, 4) is 0 Å². The summed E-state index contributed by atoms with van der Waals surface area (Å²) < 4.78 is 41.6. The molecule has 0 aliphatic heterocycles. The van der Waals surface area contributed by atoms with Gasteiger partial charge in [0.25, 0.3) is 0 Å². The number of carbonyl (C=O) groups excluding carboxylic acids is 2. The van der Waals surface area contributed by atoms with Gasteiger partial charge in [0, 0.05) is 24.1 Å². The second-order valence-corrected chi connectivity index (χ2v) is 13.0. The average Bonchev–Trinajstić information content (AvgIpc) is 2.86. The normalized spacial score (nSPS) is 12.5. The van der Waals surface area contributed by atoms with Gasteiger partial charge in [-0.2, -0.15) is 0 Å². The topological polar surface area (TPSA) is 86.8 Å². The summed E-state index contributed by atoms with van der Waals surface area (Å²) in [6.07, 6.45) is 1.19. The lowest BCUT2D eigenvalue weighted by atomic mass is 10.0. The molecule has 0 unspecified atom stereocenters. The summed E-state index contributed by atoms with van der Waals surface area (Å²) in [7, 11) is -3.88. The average molecular weight is 568 g/mol. The fourth-order valence-corrected chi connectivity index (χ4v) is 5.15. The predicted molar refractivity (Wildman–Crippen MR) is 157 cm³/mol. The zero-order valence-corrected chi connectivity index (χ0v) is 24.8. The molecule has 7 nitrogen and oxygen atoms in total. The van der Waals surface area contributed by atoms with Gasteiger partial charge in [0.2, 0.25) is 21.8 Å². The van der Waals surface area contributed by atoms with Gasteiger partial charge in [-0.3, -0.25) is 13.9 Å². The van der Waals surface area contributed by atoms with E-state index in [0.29, 0.717) is 5.69 Å². The van der Waals surface area contributed by atoms with Crippen LogP contribution >= 0.6 is 0 Å². The molecule has 0 bridgehead atoms. The molecule has 0 saturated carbocycles. The fraction of sp³-hybridized carbons (Fsp3) is 0.355. The Morgan fingerprint density at radius 1 is 0.925 bits per heavy atom. The van der Waals surface area contributed by atoms with Gasteiger partial charge in [-0.25, -0.2) is 12.8 Å². The molecule has 0 heterocycles. The van der Waals surface area contributed by atoms with E-state index in [1.54, 1.807) is 36.4 Å². The molecule has 0 spiro atoms. The Balaban J connectivity index is 2.10. The number of aryl methyl sites for hydroxylation is 2. The lowest BCUT2D eigenvalue weighted by Gasteiger charge is -2.35. The second kappa shape index (κ2) is 12.6. The molecule has 0 aliphatic carbocycles. The van der Waals surface area contributed by atoms with Crippen molar-refractivity contribution < 1.29 is 22.4 Å². The Hall–Kier alpha value is -3.72. The van der Waals surface area contributed by atoms with Crippen LogP contribution in [0.5, 0.6) is 0 Å². The molecule has 0 radical (unpaired) electrons. The molecule has 9 heteroatoms. The van der Waals surface area contributed by atoms with Crippen LogP contribution in [-0.4, -0.2) is 49.5 Å². The van der Waals surface area contributed by atoms with Gasteiger partial charge in [0.15, 0.2) is 0 Å². The smallest absolute Gasteiger partial charge is 0.244 e. The number of hydrogen-bond donors (Lipinski definition) is 1. The molecule has 214 valence electrons. The summed E-state index contributed by atoms with van der Waals surface area (Å²) >= 11 is 0. The summed E-state index contributed by atoms with van der Waals surface area (Å²) in [6, 6.07) is 19.4. The van der Waals surface area contributed by atoms with E-state index < -0.39 is 45.8 Å². The number of halogens is 1. The molecule has 3 aromatic carbocycles. The summed E-state index contributed by atoms with van der Waals surface area (Å²) in [4.78, 5) is 29.0. The van der Waals surface area contributed by atoms with Crippen LogP contribution in [0.3, 0.4) is 0 Å². The first-order valence-electron chi connectivity index (χ1n) is 13.1. The van der Waals surface area contributed by atoms with Crippen LogP contribution in [0.1, 0.15) is 43.0 Å². The standard InChI is InChI=1S/C31H38FN3O4S/c1-22-16-17-26(18-23(22)2)35(40(6,38)39)21-29(36)34(20-25-14-10-11-15-27(25)32)28(30(37)33-31(3,4)5)19-24-12-8-7-9-13-24/h7-18,28H,19-21H2,1-6H3,(H,33,37)/t28-/m0/s1. The van der Waals surface area contributed by atoms with E-state index in [0.717, 1.165) is 27.3 Å². The minimum absolute atomic E-state index is 0.158. The Labute approximate surface area is 237 Å². The number of carbonyl (C=O) groups is 2. The molecule has 1 N–H and O–H groups in total. The van der Waals surface area contributed by atoms with Gasteiger partial charge in [-0.1, -0.05) is 54.6 Å². The van der Waals surface area contributed by atoms with Crippen molar-refractivity contribution in [1.29, 1.82) is 0 Å². The summed E-state index contributed by atoms with van der Waals surface area (Å²) in [5.74, 6) is -1.57. The van der Waals surface area contributed by atoms with Crippen molar-refractivity contribution in [2.24, 2.45) is 0 Å². The molecule has 0 fully saturated rings. The molecular formula is C31H38FN3O4S. The van der Waals surface area contributed by atoms with Crippen LogP contribution in [0.4, 0.5) is 10.1 Å². The Morgan fingerprint density at radius 3 is 2.12 bits per heavy atom. The molecule has 3 aromatic rings. The van der Waals surface area contributed by atoms with Crippen LogP contribution in [-0.2, 0) is 32.6 Å². The first-order chi connectivity index (χ1) is 18.7. The van der Waals surface area contributed by atoms with Crippen LogP contribution in [0.25, 0.3) is 0 Å². The largest absolute Gasteiger partial charge is 0.350 e. The van der Waals surface area contributed by atoms with E-state index in [1.807, 2.05) is 65.0 Å². The number of sulfonamides is 1. The molecule has 2 amide bonds. The molecular weight excluding hydrogens is 529 g/mol. The number of nitrogens with zero attached hydrogens (tertiary/aromatic N) is 2. The third-order valence-electron chi connectivity index (χ3n) is 6.53. The van der Waals surface area contributed by atoms with Crippen molar-refractivity contribution in [1.82, 2.24) is 10.2 Å². The maximum Gasteiger partial charge on any atom is 0.244 e. The first-order valence-corrected chi connectivity index (χ1v) is 14.9. The van der Waals surface area contributed by atoms with Crippen LogP contribution < -0.4 is 9.62 Å². The summed E-state index contributed by atoms with van der Waals surface area (Å²) in [6.45, 7) is 8.50. The van der Waals surface area contributed by atoms with E-state index in [1.165, 1.54) is 11.0 Å². The lowest BCUT2D eigenvalue weighted by molar-refractivity contribution is -0.140. The number of amides is 2. The third kappa shape index (κ3) is 8.39. The van der Waals surface area contributed by atoms with Crippen molar-refractivity contribution in [2.45, 2.75) is 59.2 Å². The Kier molecular flexibility index (Phi) is 9.73.